The van der Waals surface area contributed by atoms with Crippen LogP contribution < -0.4 is 0 Å². The summed E-state index contributed by atoms with van der Waals surface area (Å²) in [7, 11) is 0. The van der Waals surface area contributed by atoms with Crippen LogP contribution in [0.4, 0.5) is 0 Å². The lowest BCUT2D eigenvalue weighted by Gasteiger charge is -2.60. The summed E-state index contributed by atoms with van der Waals surface area (Å²) < 4.78 is 6.27. The predicted molar refractivity (Wildman–Crippen MR) is 80.2 cm³/mol. The standard InChI is InChI=1S/C18H30O2/c1-4-6-18(20-17(19)12(3)5-2)15-8-13-7-14(10-15)11-16(18)9-13/h12-16H,4-11H2,1-3H3. The van der Waals surface area contributed by atoms with Gasteiger partial charge < -0.3 is 4.74 Å². The third-order valence-corrected chi connectivity index (χ3v) is 6.47. The second kappa shape index (κ2) is 5.35. The Bertz CT molecular complexity index is 346. The summed E-state index contributed by atoms with van der Waals surface area (Å²) in [4.78, 5) is 12.4. The molecule has 4 aliphatic rings. The Morgan fingerprint density at radius 3 is 2.10 bits per heavy atom. The van der Waals surface area contributed by atoms with E-state index in [9.17, 15) is 4.79 Å². The molecule has 4 saturated carbocycles. The van der Waals surface area contributed by atoms with Crippen LogP contribution in [-0.2, 0) is 9.53 Å². The summed E-state index contributed by atoms with van der Waals surface area (Å²) in [6.45, 7) is 6.33. The molecule has 0 amide bonds. The zero-order chi connectivity index (χ0) is 14.3. The van der Waals surface area contributed by atoms with Gasteiger partial charge in [0.1, 0.15) is 5.60 Å². The van der Waals surface area contributed by atoms with Gasteiger partial charge in [0.15, 0.2) is 0 Å². The molecule has 1 atom stereocenters. The van der Waals surface area contributed by atoms with Crippen LogP contribution in [-0.4, -0.2) is 11.6 Å². The molecule has 4 fully saturated rings. The average molecular weight is 278 g/mol. The fraction of sp³-hybridized carbons (Fsp3) is 0.944. The van der Waals surface area contributed by atoms with Gasteiger partial charge in [-0.25, -0.2) is 0 Å². The zero-order valence-corrected chi connectivity index (χ0v) is 13.4. The molecular formula is C18H30O2. The van der Waals surface area contributed by atoms with Crippen LogP contribution in [0, 0.1) is 29.6 Å². The van der Waals surface area contributed by atoms with E-state index in [0.29, 0.717) is 11.8 Å². The van der Waals surface area contributed by atoms with Crippen molar-refractivity contribution in [1.29, 1.82) is 0 Å². The van der Waals surface area contributed by atoms with Gasteiger partial charge in [0.25, 0.3) is 0 Å². The second-order valence-electron chi connectivity index (χ2n) is 7.74. The minimum atomic E-state index is -0.0946. The van der Waals surface area contributed by atoms with Crippen molar-refractivity contribution in [2.45, 2.75) is 77.7 Å². The molecule has 1 unspecified atom stereocenters. The van der Waals surface area contributed by atoms with Crippen molar-refractivity contribution in [3.05, 3.63) is 0 Å². The Morgan fingerprint density at radius 1 is 1.10 bits per heavy atom. The van der Waals surface area contributed by atoms with E-state index in [-0.39, 0.29) is 17.5 Å². The number of ether oxygens (including phenoxy) is 1. The van der Waals surface area contributed by atoms with Gasteiger partial charge in [0.2, 0.25) is 0 Å². The normalized spacial score (nSPS) is 43.5. The van der Waals surface area contributed by atoms with E-state index < -0.39 is 0 Å². The lowest BCUT2D eigenvalue weighted by molar-refractivity contribution is -0.215. The summed E-state index contributed by atoms with van der Waals surface area (Å²) in [6.07, 6.45) is 9.85. The lowest BCUT2D eigenvalue weighted by atomic mass is 9.49. The van der Waals surface area contributed by atoms with Crippen LogP contribution in [0.5, 0.6) is 0 Å². The summed E-state index contributed by atoms with van der Waals surface area (Å²) in [5, 5.41) is 0. The van der Waals surface area contributed by atoms with Crippen LogP contribution in [0.25, 0.3) is 0 Å². The Kier molecular flexibility index (Phi) is 3.85. The number of carbonyl (C=O) groups excluding carboxylic acids is 1. The van der Waals surface area contributed by atoms with E-state index in [1.165, 1.54) is 32.1 Å². The fourth-order valence-electron chi connectivity index (χ4n) is 5.45. The highest BCUT2D eigenvalue weighted by molar-refractivity contribution is 5.72. The monoisotopic (exact) mass is 278 g/mol. The Balaban J connectivity index is 1.82. The molecule has 0 spiro atoms. The van der Waals surface area contributed by atoms with E-state index in [4.69, 9.17) is 4.74 Å². The maximum absolute atomic E-state index is 12.4. The molecular weight excluding hydrogens is 248 g/mol. The van der Waals surface area contributed by atoms with Gasteiger partial charge in [0.05, 0.1) is 5.92 Å². The highest BCUT2D eigenvalue weighted by Gasteiger charge is 2.59. The van der Waals surface area contributed by atoms with E-state index in [2.05, 4.69) is 13.8 Å². The molecule has 4 bridgehead atoms. The van der Waals surface area contributed by atoms with Crippen molar-refractivity contribution in [2.75, 3.05) is 0 Å². The number of esters is 1. The van der Waals surface area contributed by atoms with Gasteiger partial charge >= 0.3 is 5.97 Å². The van der Waals surface area contributed by atoms with Gasteiger partial charge in [-0.15, -0.1) is 0 Å². The molecule has 2 heteroatoms. The van der Waals surface area contributed by atoms with Gasteiger partial charge in [-0.1, -0.05) is 27.2 Å². The molecule has 0 heterocycles. The van der Waals surface area contributed by atoms with Gasteiger partial charge in [-0.3, -0.25) is 4.79 Å². The molecule has 20 heavy (non-hydrogen) atoms. The first kappa shape index (κ1) is 14.4. The molecule has 2 nitrogen and oxygen atoms in total. The average Bonchev–Trinajstić information content (AvgIpc) is 2.43. The second-order valence-corrected chi connectivity index (χ2v) is 7.74. The van der Waals surface area contributed by atoms with Crippen LogP contribution in [0.1, 0.15) is 72.1 Å². The predicted octanol–water partition coefficient (Wildman–Crippen LogP) is 4.57. The first-order valence-electron chi connectivity index (χ1n) is 8.81. The van der Waals surface area contributed by atoms with Crippen LogP contribution in [0.15, 0.2) is 0 Å². The van der Waals surface area contributed by atoms with Crippen LogP contribution in [0.2, 0.25) is 0 Å². The number of carbonyl (C=O) groups is 1. The molecule has 0 aromatic rings. The molecule has 0 aliphatic heterocycles. The van der Waals surface area contributed by atoms with E-state index >= 15 is 0 Å². The minimum absolute atomic E-state index is 0.0564. The first-order chi connectivity index (χ1) is 9.59. The molecule has 0 radical (unpaired) electrons. The number of rotatable bonds is 5. The van der Waals surface area contributed by atoms with Crippen LogP contribution in [0.3, 0.4) is 0 Å². The van der Waals surface area contributed by atoms with Gasteiger partial charge in [-0.2, -0.15) is 0 Å². The summed E-state index contributed by atoms with van der Waals surface area (Å²) >= 11 is 0. The van der Waals surface area contributed by atoms with Crippen LogP contribution >= 0.6 is 0 Å². The topological polar surface area (TPSA) is 26.3 Å². The molecule has 4 aliphatic carbocycles. The summed E-state index contributed by atoms with van der Waals surface area (Å²) in [5.74, 6) is 3.31. The maximum atomic E-state index is 12.4. The molecule has 4 rings (SSSR count). The highest BCUT2D eigenvalue weighted by atomic mass is 16.6. The van der Waals surface area contributed by atoms with Crippen molar-refractivity contribution in [1.82, 2.24) is 0 Å². The quantitative estimate of drug-likeness (QED) is 0.689. The van der Waals surface area contributed by atoms with Gasteiger partial charge in [0, 0.05) is 0 Å². The molecule has 0 aromatic carbocycles. The largest absolute Gasteiger partial charge is 0.458 e. The minimum Gasteiger partial charge on any atom is -0.458 e. The van der Waals surface area contributed by atoms with Crippen molar-refractivity contribution < 1.29 is 9.53 Å². The fourth-order valence-corrected chi connectivity index (χ4v) is 5.45. The van der Waals surface area contributed by atoms with E-state index in [0.717, 1.165) is 31.1 Å². The van der Waals surface area contributed by atoms with Crippen molar-refractivity contribution in [3.8, 4) is 0 Å². The smallest absolute Gasteiger partial charge is 0.309 e. The van der Waals surface area contributed by atoms with Gasteiger partial charge in [-0.05, 0) is 68.6 Å². The third-order valence-electron chi connectivity index (χ3n) is 6.47. The summed E-state index contributed by atoms with van der Waals surface area (Å²) in [5.41, 5.74) is -0.0946. The molecule has 114 valence electrons. The molecule has 0 N–H and O–H groups in total. The Labute approximate surface area is 123 Å². The maximum Gasteiger partial charge on any atom is 0.309 e. The summed E-state index contributed by atoms with van der Waals surface area (Å²) in [6, 6.07) is 0. The number of hydrogen-bond donors (Lipinski definition) is 0. The Hall–Kier alpha value is -0.530. The van der Waals surface area contributed by atoms with Crippen molar-refractivity contribution in [3.63, 3.8) is 0 Å². The van der Waals surface area contributed by atoms with E-state index in [1.54, 1.807) is 0 Å². The van der Waals surface area contributed by atoms with E-state index in [1.807, 2.05) is 6.92 Å². The zero-order valence-electron chi connectivity index (χ0n) is 13.4. The highest BCUT2D eigenvalue weighted by Crippen LogP contribution is 2.61. The molecule has 0 aromatic heterocycles. The lowest BCUT2D eigenvalue weighted by Crippen LogP contribution is -2.59. The SMILES string of the molecule is CCCC1(OC(=O)C(C)CC)C2CC3CC(C2)CC1C3. The van der Waals surface area contributed by atoms with Crippen molar-refractivity contribution in [2.24, 2.45) is 29.6 Å². The van der Waals surface area contributed by atoms with Crippen molar-refractivity contribution >= 4 is 5.97 Å². The Morgan fingerprint density at radius 2 is 1.65 bits per heavy atom. The third kappa shape index (κ3) is 2.19. The first-order valence-corrected chi connectivity index (χ1v) is 8.81. The number of hydrogen-bond acceptors (Lipinski definition) is 2. The molecule has 0 saturated heterocycles.